The highest BCUT2D eigenvalue weighted by Crippen LogP contribution is 2.26. The topological polar surface area (TPSA) is 52.1 Å². The van der Waals surface area contributed by atoms with Crippen molar-refractivity contribution >= 4 is 23.8 Å². The van der Waals surface area contributed by atoms with E-state index >= 15 is 0 Å². The first-order chi connectivity index (χ1) is 11.0. The third kappa shape index (κ3) is 3.76. The number of aromatic amines is 1. The third-order valence-electron chi connectivity index (χ3n) is 4.03. The molecule has 3 rings (SSSR count). The van der Waals surface area contributed by atoms with Gasteiger partial charge in [-0.25, -0.2) is 0 Å². The van der Waals surface area contributed by atoms with E-state index in [0.29, 0.717) is 17.9 Å². The molecule has 5 nitrogen and oxygen atoms in total. The van der Waals surface area contributed by atoms with Crippen molar-refractivity contribution in [1.82, 2.24) is 14.8 Å². The number of halogens is 1. The second-order valence-corrected chi connectivity index (χ2v) is 6.62. The van der Waals surface area contributed by atoms with Gasteiger partial charge in [0.15, 0.2) is 10.6 Å². The minimum Gasteiger partial charge on any atom is -0.486 e. The van der Waals surface area contributed by atoms with E-state index in [4.69, 9.17) is 33.3 Å². The number of hydrogen-bond acceptors (Lipinski definition) is 4. The molecule has 0 saturated carbocycles. The van der Waals surface area contributed by atoms with Crippen molar-refractivity contribution in [3.8, 4) is 5.75 Å². The van der Waals surface area contributed by atoms with Crippen LogP contribution in [-0.4, -0.2) is 27.5 Å². The number of aromatic nitrogens is 3. The lowest BCUT2D eigenvalue weighted by molar-refractivity contribution is 0.0949. The number of rotatable bonds is 5. The number of H-pyrrole nitrogens is 1. The lowest BCUT2D eigenvalue weighted by Crippen LogP contribution is -2.18. The molecular weight excluding hydrogens is 334 g/mol. The molecule has 0 unspecified atom stereocenters. The van der Waals surface area contributed by atoms with E-state index in [0.717, 1.165) is 47.2 Å². The summed E-state index contributed by atoms with van der Waals surface area (Å²) in [5.74, 6) is 1.55. The van der Waals surface area contributed by atoms with Crippen LogP contribution >= 0.6 is 23.8 Å². The highest BCUT2D eigenvalue weighted by molar-refractivity contribution is 7.71. The van der Waals surface area contributed by atoms with Crippen LogP contribution in [0.2, 0.25) is 5.02 Å². The van der Waals surface area contributed by atoms with Crippen LogP contribution in [0, 0.1) is 18.6 Å². The fourth-order valence-corrected chi connectivity index (χ4v) is 3.11. The Balaban J connectivity index is 1.72. The number of ether oxygens (including phenoxy) is 2. The minimum absolute atomic E-state index is 0.207. The van der Waals surface area contributed by atoms with Gasteiger partial charge in [0.05, 0.1) is 12.6 Å². The second kappa shape index (κ2) is 7.03. The van der Waals surface area contributed by atoms with Crippen molar-refractivity contribution in [1.29, 1.82) is 0 Å². The number of nitrogens with one attached hydrogen (secondary N) is 1. The van der Waals surface area contributed by atoms with Crippen molar-refractivity contribution in [2.45, 2.75) is 45.9 Å². The Labute approximate surface area is 145 Å². The molecule has 7 heteroatoms. The molecule has 0 aliphatic carbocycles. The predicted octanol–water partition coefficient (Wildman–Crippen LogP) is 3.97. The van der Waals surface area contributed by atoms with Crippen molar-refractivity contribution in [3.63, 3.8) is 0 Å². The Morgan fingerprint density at radius 3 is 2.83 bits per heavy atom. The molecule has 1 aromatic heterocycles. The van der Waals surface area contributed by atoms with Crippen molar-refractivity contribution < 1.29 is 9.47 Å². The molecule has 1 aliphatic heterocycles. The maximum atomic E-state index is 6.19. The van der Waals surface area contributed by atoms with Gasteiger partial charge in [0.25, 0.3) is 0 Å². The monoisotopic (exact) mass is 353 g/mol. The Morgan fingerprint density at radius 2 is 2.17 bits per heavy atom. The molecule has 124 valence electrons. The molecule has 1 atom stereocenters. The number of aryl methyl sites for hydroxylation is 2. The zero-order valence-corrected chi connectivity index (χ0v) is 14.8. The van der Waals surface area contributed by atoms with E-state index in [2.05, 4.69) is 10.2 Å². The molecule has 0 radical (unpaired) electrons. The molecular formula is C16H20ClN3O2S. The first-order valence-electron chi connectivity index (χ1n) is 7.70. The largest absolute Gasteiger partial charge is 0.486 e. The predicted molar refractivity (Wildman–Crippen MR) is 91.6 cm³/mol. The van der Waals surface area contributed by atoms with E-state index in [1.54, 1.807) is 0 Å². The zero-order valence-electron chi connectivity index (χ0n) is 13.3. The molecule has 0 amide bonds. The van der Waals surface area contributed by atoms with Gasteiger partial charge in [0, 0.05) is 11.6 Å². The van der Waals surface area contributed by atoms with E-state index in [9.17, 15) is 0 Å². The minimum atomic E-state index is 0.207. The lowest BCUT2D eigenvalue weighted by atomic mass is 10.1. The summed E-state index contributed by atoms with van der Waals surface area (Å²) in [4.78, 5) is 0. The summed E-state index contributed by atoms with van der Waals surface area (Å²) in [6, 6.07) is 3.86. The van der Waals surface area contributed by atoms with E-state index < -0.39 is 0 Å². The first kappa shape index (κ1) is 16.5. The molecule has 1 aliphatic rings. The molecule has 1 aromatic carbocycles. The van der Waals surface area contributed by atoms with Gasteiger partial charge in [-0.05, 0) is 62.2 Å². The van der Waals surface area contributed by atoms with Gasteiger partial charge in [-0.15, -0.1) is 0 Å². The zero-order chi connectivity index (χ0) is 16.4. The molecule has 0 spiro atoms. The summed E-state index contributed by atoms with van der Waals surface area (Å²) < 4.78 is 14.1. The molecule has 1 N–H and O–H groups in total. The van der Waals surface area contributed by atoms with Gasteiger partial charge < -0.3 is 9.47 Å². The van der Waals surface area contributed by atoms with Gasteiger partial charge in [0.1, 0.15) is 12.4 Å². The van der Waals surface area contributed by atoms with Gasteiger partial charge in [0.2, 0.25) is 0 Å². The molecule has 23 heavy (non-hydrogen) atoms. The van der Waals surface area contributed by atoms with E-state index in [1.807, 2.05) is 30.5 Å². The van der Waals surface area contributed by atoms with Crippen LogP contribution in [0.3, 0.4) is 0 Å². The van der Waals surface area contributed by atoms with Gasteiger partial charge in [-0.2, -0.15) is 5.10 Å². The fourth-order valence-electron chi connectivity index (χ4n) is 2.78. The van der Waals surface area contributed by atoms with E-state index in [-0.39, 0.29) is 6.10 Å². The summed E-state index contributed by atoms with van der Waals surface area (Å²) >= 11 is 11.5. The van der Waals surface area contributed by atoms with Crippen LogP contribution in [0.4, 0.5) is 0 Å². The van der Waals surface area contributed by atoms with Crippen LogP contribution < -0.4 is 4.74 Å². The summed E-state index contributed by atoms with van der Waals surface area (Å²) in [5, 5.41) is 7.89. The Morgan fingerprint density at radius 1 is 1.43 bits per heavy atom. The molecule has 1 saturated heterocycles. The van der Waals surface area contributed by atoms with Crippen molar-refractivity contribution in [2.24, 2.45) is 0 Å². The number of benzene rings is 1. The van der Waals surface area contributed by atoms with Crippen LogP contribution in [0.25, 0.3) is 0 Å². The fraction of sp³-hybridized carbons (Fsp3) is 0.500. The number of hydrogen-bond donors (Lipinski definition) is 1. The average molecular weight is 354 g/mol. The Kier molecular flexibility index (Phi) is 5.04. The van der Waals surface area contributed by atoms with Crippen molar-refractivity contribution in [3.05, 3.63) is 38.9 Å². The Bertz CT molecular complexity index is 727. The highest BCUT2D eigenvalue weighted by Gasteiger charge is 2.18. The first-order valence-corrected chi connectivity index (χ1v) is 8.48. The van der Waals surface area contributed by atoms with E-state index in [1.165, 1.54) is 0 Å². The van der Waals surface area contributed by atoms with Crippen LogP contribution in [0.5, 0.6) is 5.75 Å². The maximum absolute atomic E-state index is 6.19. The summed E-state index contributed by atoms with van der Waals surface area (Å²) in [6.07, 6.45) is 2.37. The summed E-state index contributed by atoms with van der Waals surface area (Å²) in [7, 11) is 0. The normalized spacial score (nSPS) is 17.6. The Hall–Kier alpha value is -1.37. The second-order valence-electron chi connectivity index (χ2n) is 5.85. The standard InChI is InChI=1S/C16H20ClN3O2S/c1-10-6-13(7-11(2)15(10)17)22-9-14-18-19-16(23)20(14)8-12-4-3-5-21-12/h6-7,12H,3-5,8-9H2,1-2H3,(H,19,23)/t12-/m1/s1. The molecule has 1 fully saturated rings. The van der Waals surface area contributed by atoms with Gasteiger partial charge in [-0.1, -0.05) is 11.6 Å². The smallest absolute Gasteiger partial charge is 0.195 e. The summed E-state index contributed by atoms with van der Waals surface area (Å²) in [6.45, 7) is 5.82. The van der Waals surface area contributed by atoms with Gasteiger partial charge >= 0.3 is 0 Å². The van der Waals surface area contributed by atoms with Crippen LogP contribution in [0.15, 0.2) is 12.1 Å². The maximum Gasteiger partial charge on any atom is 0.195 e. The van der Waals surface area contributed by atoms with Gasteiger partial charge in [-0.3, -0.25) is 9.67 Å². The summed E-state index contributed by atoms with van der Waals surface area (Å²) in [5.41, 5.74) is 2.00. The van der Waals surface area contributed by atoms with Crippen molar-refractivity contribution in [2.75, 3.05) is 6.61 Å². The molecule has 0 bridgehead atoms. The average Bonchev–Trinajstić information content (AvgIpc) is 3.14. The number of nitrogens with zero attached hydrogens (tertiary/aromatic N) is 2. The SMILES string of the molecule is Cc1cc(OCc2n[nH]c(=S)n2C[C@H]2CCCO2)cc(C)c1Cl. The molecule has 2 aromatic rings. The quantitative estimate of drug-likeness (QED) is 0.826. The lowest BCUT2D eigenvalue weighted by Gasteiger charge is -2.13. The van der Waals surface area contributed by atoms with Crippen LogP contribution in [0.1, 0.15) is 29.8 Å². The molecule has 2 heterocycles. The third-order valence-corrected chi connectivity index (χ3v) is 4.93. The van der Waals surface area contributed by atoms with Crippen LogP contribution in [-0.2, 0) is 17.9 Å². The highest BCUT2D eigenvalue weighted by atomic mass is 35.5.